The Bertz CT molecular complexity index is 139. The van der Waals surface area contributed by atoms with E-state index in [0.29, 0.717) is 0 Å². The maximum absolute atomic E-state index is 9.10. The van der Waals surface area contributed by atoms with Gasteiger partial charge < -0.3 is 15.4 Å². The third kappa shape index (κ3) is 59.0. The fourth-order valence-corrected chi connectivity index (χ4v) is 0. The van der Waals surface area contributed by atoms with E-state index in [4.69, 9.17) is 35.1 Å². The normalized spacial score (nSPS) is 6.18. The Morgan fingerprint density at radius 2 is 1.27 bits per heavy atom. The fourth-order valence-electron chi connectivity index (χ4n) is 0. The highest BCUT2D eigenvalue weighted by molar-refractivity contribution is 6.27. The number of carbonyl (C=O) groups is 2. The van der Waals surface area contributed by atoms with E-state index in [2.05, 4.69) is 0 Å². The van der Waals surface area contributed by atoms with Gasteiger partial charge in [-0.3, -0.25) is 0 Å². The standard InChI is InChI=1S/C2H2O4.ClH.HNO3/c3-1(4)2(5)6;;2-1(3)4/h(H,3,4)(H,5,6);1H;(H,2,3,4). The van der Waals surface area contributed by atoms with Gasteiger partial charge in [-0.05, 0) is 0 Å². The summed E-state index contributed by atoms with van der Waals surface area (Å²) in [4.78, 5) is 26.6. The molecule has 0 spiro atoms. The minimum Gasteiger partial charge on any atom is -0.473 e. The highest BCUT2D eigenvalue weighted by Crippen LogP contribution is 1.56. The van der Waals surface area contributed by atoms with Crippen molar-refractivity contribution in [1.82, 2.24) is 0 Å². The monoisotopic (exact) mass is 189 g/mol. The van der Waals surface area contributed by atoms with Crippen LogP contribution in [0.3, 0.4) is 0 Å². The predicted octanol–water partition coefficient (Wildman–Crippen LogP) is -0.770. The zero-order chi connectivity index (χ0) is 8.73. The van der Waals surface area contributed by atoms with Gasteiger partial charge in [-0.25, -0.2) is 9.59 Å². The molecule has 0 fully saturated rings. The maximum Gasteiger partial charge on any atom is 0.414 e. The Hall–Kier alpha value is -1.57. The molecule has 3 N–H and O–H groups in total. The molecule has 0 aliphatic carbocycles. The SMILES string of the molecule is Cl.O=C(O)C(=O)O.O=[N+]([O-])O. The number of carboxylic acids is 2. The number of hydrogen-bond acceptors (Lipinski definition) is 4. The smallest absolute Gasteiger partial charge is 0.414 e. The molecule has 0 unspecified atom stereocenters. The molecule has 0 aromatic rings. The van der Waals surface area contributed by atoms with Crippen LogP contribution in [0.25, 0.3) is 0 Å². The van der Waals surface area contributed by atoms with Crippen molar-refractivity contribution in [2.75, 3.05) is 0 Å². The molecule has 9 heteroatoms. The van der Waals surface area contributed by atoms with Gasteiger partial charge in [0.25, 0.3) is 5.09 Å². The largest absolute Gasteiger partial charge is 0.473 e. The molecular formula is C2H4ClNO7. The highest BCUT2D eigenvalue weighted by Gasteiger charge is 2.04. The van der Waals surface area contributed by atoms with E-state index in [1.54, 1.807) is 0 Å². The zero-order valence-electron chi connectivity index (χ0n) is 4.83. The van der Waals surface area contributed by atoms with Crippen LogP contribution in [0.4, 0.5) is 0 Å². The van der Waals surface area contributed by atoms with Crippen molar-refractivity contribution in [3.05, 3.63) is 10.1 Å². The van der Waals surface area contributed by atoms with E-state index in [1.165, 1.54) is 0 Å². The Kier molecular flexibility index (Phi) is 12.4. The molecule has 0 atom stereocenters. The van der Waals surface area contributed by atoms with Crippen LogP contribution >= 0.6 is 12.4 Å². The summed E-state index contributed by atoms with van der Waals surface area (Å²) < 4.78 is 0. The predicted molar refractivity (Wildman–Crippen MR) is 31.3 cm³/mol. The Morgan fingerprint density at radius 3 is 1.27 bits per heavy atom. The molecule has 66 valence electrons. The minimum absolute atomic E-state index is 0. The van der Waals surface area contributed by atoms with Gasteiger partial charge in [0.05, 0.1) is 0 Å². The molecule has 0 heterocycles. The third-order valence-electron chi connectivity index (χ3n) is 0.183. The third-order valence-corrected chi connectivity index (χ3v) is 0.183. The van der Waals surface area contributed by atoms with Crippen LogP contribution in [0, 0.1) is 10.1 Å². The van der Waals surface area contributed by atoms with Crippen LogP contribution in [-0.4, -0.2) is 32.4 Å². The lowest BCUT2D eigenvalue weighted by Gasteiger charge is -1.72. The highest BCUT2D eigenvalue weighted by atomic mass is 35.5. The maximum atomic E-state index is 9.10. The quantitative estimate of drug-likeness (QED) is 0.258. The molecule has 11 heavy (non-hydrogen) atoms. The average molecular weight is 190 g/mol. The summed E-state index contributed by atoms with van der Waals surface area (Å²) in [6.07, 6.45) is 0. The topological polar surface area (TPSA) is 138 Å². The van der Waals surface area contributed by atoms with Gasteiger partial charge in [-0.2, -0.15) is 0 Å². The van der Waals surface area contributed by atoms with Crippen molar-refractivity contribution in [1.29, 1.82) is 0 Å². The second-order valence-electron chi connectivity index (χ2n) is 0.848. The van der Waals surface area contributed by atoms with Crippen molar-refractivity contribution < 1.29 is 30.1 Å². The number of nitrogens with zero attached hydrogens (tertiary/aromatic N) is 1. The first kappa shape index (κ1) is 16.2. The van der Waals surface area contributed by atoms with Crippen molar-refractivity contribution in [3.8, 4) is 0 Å². The van der Waals surface area contributed by atoms with Crippen molar-refractivity contribution >= 4 is 24.3 Å². The van der Waals surface area contributed by atoms with Crippen LogP contribution in [0.5, 0.6) is 0 Å². The molecule has 0 bridgehead atoms. The van der Waals surface area contributed by atoms with Gasteiger partial charge >= 0.3 is 11.9 Å². The van der Waals surface area contributed by atoms with Crippen LogP contribution in [0.1, 0.15) is 0 Å². The molecule has 0 rings (SSSR count). The lowest BCUT2D eigenvalue weighted by Crippen LogP contribution is -2.09. The molecule has 8 nitrogen and oxygen atoms in total. The number of aliphatic carboxylic acids is 2. The molecule has 0 radical (unpaired) electrons. The van der Waals surface area contributed by atoms with Crippen LogP contribution < -0.4 is 0 Å². The fraction of sp³-hybridized carbons (Fsp3) is 0. The lowest BCUT2D eigenvalue weighted by molar-refractivity contribution is -0.742. The summed E-state index contributed by atoms with van der Waals surface area (Å²) in [7, 11) is 0. The van der Waals surface area contributed by atoms with Crippen LogP contribution in [0.2, 0.25) is 0 Å². The molecular weight excluding hydrogens is 185 g/mol. The summed E-state index contributed by atoms with van der Waals surface area (Å²) in [6.45, 7) is 0. The van der Waals surface area contributed by atoms with E-state index < -0.39 is 17.0 Å². The summed E-state index contributed by atoms with van der Waals surface area (Å²) in [6, 6.07) is 0. The molecule has 0 aliphatic heterocycles. The van der Waals surface area contributed by atoms with E-state index >= 15 is 0 Å². The van der Waals surface area contributed by atoms with Gasteiger partial charge in [-0.1, -0.05) is 0 Å². The number of halogens is 1. The van der Waals surface area contributed by atoms with Crippen molar-refractivity contribution in [2.24, 2.45) is 0 Å². The van der Waals surface area contributed by atoms with Crippen LogP contribution in [-0.2, 0) is 9.59 Å². The Labute approximate surface area is 65.6 Å². The van der Waals surface area contributed by atoms with Gasteiger partial charge in [0.2, 0.25) is 0 Å². The van der Waals surface area contributed by atoms with Gasteiger partial charge in [-0.15, -0.1) is 22.5 Å². The van der Waals surface area contributed by atoms with E-state index in [9.17, 15) is 0 Å². The number of rotatable bonds is 0. The first-order valence-corrected chi connectivity index (χ1v) is 1.67. The zero-order valence-corrected chi connectivity index (χ0v) is 5.65. The minimum atomic E-state index is -1.82. The van der Waals surface area contributed by atoms with Crippen LogP contribution in [0.15, 0.2) is 0 Å². The number of hydrogen-bond donors (Lipinski definition) is 3. The summed E-state index contributed by atoms with van der Waals surface area (Å²) in [5.41, 5.74) is 0. The van der Waals surface area contributed by atoms with E-state index in [-0.39, 0.29) is 12.4 Å². The first-order valence-electron chi connectivity index (χ1n) is 1.67. The Balaban J connectivity index is -0.000000114. The molecule has 0 aliphatic rings. The molecule has 0 aromatic heterocycles. The number of carboxylic acid groups (broad SMARTS) is 2. The molecule has 0 amide bonds. The van der Waals surface area contributed by atoms with Crippen molar-refractivity contribution in [3.63, 3.8) is 0 Å². The molecule has 0 saturated carbocycles. The second kappa shape index (κ2) is 8.43. The average Bonchev–Trinajstić information content (AvgIpc) is 1.63. The van der Waals surface area contributed by atoms with Gasteiger partial charge in [0.1, 0.15) is 0 Å². The Morgan fingerprint density at radius 1 is 1.18 bits per heavy atom. The molecule has 0 saturated heterocycles. The van der Waals surface area contributed by atoms with E-state index in [1.807, 2.05) is 0 Å². The lowest BCUT2D eigenvalue weighted by atomic mass is 10.7. The first-order chi connectivity index (χ1) is 4.37. The summed E-state index contributed by atoms with van der Waals surface area (Å²) in [5.74, 6) is -3.65. The summed E-state index contributed by atoms with van der Waals surface area (Å²) in [5, 5.41) is 28.4. The van der Waals surface area contributed by atoms with E-state index in [0.717, 1.165) is 0 Å². The van der Waals surface area contributed by atoms with Gasteiger partial charge in [0, 0.05) is 0 Å². The van der Waals surface area contributed by atoms with Gasteiger partial charge in [0.15, 0.2) is 0 Å². The molecule has 0 aromatic carbocycles. The summed E-state index contributed by atoms with van der Waals surface area (Å²) >= 11 is 0. The van der Waals surface area contributed by atoms with Crippen molar-refractivity contribution in [2.45, 2.75) is 0 Å². The second-order valence-corrected chi connectivity index (χ2v) is 0.848.